The van der Waals surface area contributed by atoms with E-state index in [-0.39, 0.29) is 5.97 Å². The van der Waals surface area contributed by atoms with Crippen LogP contribution in [-0.2, 0) is 8.58 Å². The van der Waals surface area contributed by atoms with Crippen LogP contribution in [0.2, 0.25) is 9.56 Å². The minimum Gasteiger partial charge on any atom is -0.616 e. The summed E-state index contributed by atoms with van der Waals surface area (Å²) in [4.78, 5) is 10.7. The summed E-state index contributed by atoms with van der Waals surface area (Å²) >= 11 is -1.29. The molecule has 0 bridgehead atoms. The van der Waals surface area contributed by atoms with E-state index in [1.54, 1.807) is 0 Å². The molecule has 0 spiro atoms. The van der Waals surface area contributed by atoms with Crippen LogP contribution in [0.5, 0.6) is 0 Å². The van der Waals surface area contributed by atoms with Gasteiger partial charge >= 0.3 is 14.5 Å². The molecule has 11 heavy (non-hydrogen) atoms. The summed E-state index contributed by atoms with van der Waals surface area (Å²) in [5, 5.41) is 0. The largest absolute Gasteiger partial charge is 0.616 e. The van der Waals surface area contributed by atoms with Gasteiger partial charge in [0, 0.05) is 6.92 Å². The number of carbonyl (C=O) groups is 1. The smallest absolute Gasteiger partial charge is 0.554 e. The van der Waals surface area contributed by atoms with Gasteiger partial charge in [-0.25, -0.2) is 0 Å². The average molecular weight is 172 g/mol. The highest BCUT2D eigenvalue weighted by Gasteiger charge is 2.32. The van der Waals surface area contributed by atoms with Gasteiger partial charge in [-0.15, -0.1) is 0 Å². The topological polar surface area (TPSA) is 26.3 Å². The average Bonchev–Trinajstić information content (AvgIpc) is 1.81. The second-order valence-corrected chi connectivity index (χ2v) is 7.39. The van der Waals surface area contributed by atoms with Crippen LogP contribution in [0, 0.1) is 0 Å². The lowest BCUT2D eigenvalue weighted by atomic mass is 10.5. The molecule has 0 radical (unpaired) electrons. The van der Waals surface area contributed by atoms with Crippen LogP contribution in [-0.4, -0.2) is 20.5 Å². The number of hydrogen-bond donors (Lipinski definition) is 0. The summed E-state index contributed by atoms with van der Waals surface area (Å²) in [5.41, 5.74) is 0. The molecule has 0 aliphatic heterocycles. The van der Waals surface area contributed by atoms with Gasteiger partial charge < -0.3 is 3.79 Å². The molecular weight excluding hydrogens is 155 g/mol. The molecule has 0 amide bonds. The third-order valence-corrected chi connectivity index (χ3v) is 4.85. The van der Waals surface area contributed by atoms with Crippen LogP contribution < -0.4 is 0 Å². The van der Waals surface area contributed by atoms with E-state index in [2.05, 4.69) is 27.7 Å². The van der Waals surface area contributed by atoms with Crippen molar-refractivity contribution in [1.82, 2.24) is 0 Å². The van der Waals surface area contributed by atoms with Crippen LogP contribution >= 0.6 is 0 Å². The van der Waals surface area contributed by atoms with Crippen molar-refractivity contribution in [1.29, 1.82) is 0 Å². The maximum absolute atomic E-state index is 10.7. The molecule has 0 saturated carbocycles. The van der Waals surface area contributed by atoms with Crippen molar-refractivity contribution in [3.05, 3.63) is 0 Å². The maximum atomic E-state index is 10.7. The molecule has 0 N–H and O–H groups in total. The van der Waals surface area contributed by atoms with Crippen LogP contribution in [0.3, 0.4) is 0 Å². The molecular formula is C8H17AlO2. The van der Waals surface area contributed by atoms with E-state index in [4.69, 9.17) is 3.79 Å². The molecule has 0 aliphatic rings. The lowest BCUT2D eigenvalue weighted by Gasteiger charge is -2.17. The minimum atomic E-state index is -1.29. The predicted molar refractivity (Wildman–Crippen MR) is 47.7 cm³/mol. The zero-order chi connectivity index (χ0) is 9.02. The molecule has 0 aliphatic carbocycles. The molecule has 0 aromatic heterocycles. The summed E-state index contributed by atoms with van der Waals surface area (Å²) in [6.45, 7) is 9.99. The van der Waals surface area contributed by atoms with E-state index < -0.39 is 14.5 Å². The Balaban J connectivity index is 4.00. The van der Waals surface area contributed by atoms with E-state index in [1.807, 2.05) is 0 Å². The number of carbonyl (C=O) groups excluding carboxylic acids is 1. The first-order valence-corrected chi connectivity index (χ1v) is 5.92. The molecule has 0 rings (SSSR count). The van der Waals surface area contributed by atoms with E-state index in [0.29, 0.717) is 9.56 Å². The Bertz CT molecular complexity index is 124. The van der Waals surface area contributed by atoms with Gasteiger partial charge in [-0.2, -0.15) is 0 Å². The fourth-order valence-corrected chi connectivity index (χ4v) is 3.70. The summed E-state index contributed by atoms with van der Waals surface area (Å²) in [6, 6.07) is 0. The molecule has 0 unspecified atom stereocenters. The van der Waals surface area contributed by atoms with Gasteiger partial charge in [-0.3, -0.25) is 4.79 Å². The normalized spacial score (nSPS) is 10.5. The highest BCUT2D eigenvalue weighted by atomic mass is 27.2. The minimum absolute atomic E-state index is 0.121. The third-order valence-electron chi connectivity index (χ3n) is 1.62. The van der Waals surface area contributed by atoms with Crippen molar-refractivity contribution >= 4 is 20.5 Å². The quantitative estimate of drug-likeness (QED) is 0.611. The zero-order valence-corrected chi connectivity index (χ0v) is 9.20. The van der Waals surface area contributed by atoms with Gasteiger partial charge in [0.1, 0.15) is 0 Å². The SMILES string of the molecule is CC(=O)[O][Al]([CH](C)C)[CH](C)C. The van der Waals surface area contributed by atoms with Crippen molar-refractivity contribution < 1.29 is 8.58 Å². The maximum Gasteiger partial charge on any atom is 0.554 e. The molecule has 0 aromatic carbocycles. The van der Waals surface area contributed by atoms with Crippen molar-refractivity contribution in [3.63, 3.8) is 0 Å². The number of hydrogen-bond acceptors (Lipinski definition) is 2. The van der Waals surface area contributed by atoms with Crippen molar-refractivity contribution in [3.8, 4) is 0 Å². The lowest BCUT2D eigenvalue weighted by Crippen LogP contribution is -2.27. The van der Waals surface area contributed by atoms with Gasteiger partial charge in [0.05, 0.1) is 0 Å². The molecule has 64 valence electrons. The Kier molecular flexibility index (Phi) is 4.80. The number of rotatable bonds is 3. The van der Waals surface area contributed by atoms with Crippen molar-refractivity contribution in [2.24, 2.45) is 0 Å². The molecule has 2 nitrogen and oxygen atoms in total. The molecule has 0 aromatic rings. The molecule has 0 atom stereocenters. The highest BCUT2D eigenvalue weighted by Crippen LogP contribution is 2.20. The van der Waals surface area contributed by atoms with Gasteiger partial charge in [0.25, 0.3) is 5.97 Å². The first-order valence-electron chi connectivity index (χ1n) is 4.12. The molecule has 0 saturated heterocycles. The fraction of sp³-hybridized carbons (Fsp3) is 0.875. The standard InChI is InChI=1S/2C3H7.C2H4O2.Al/c2*1-3-2;1-2(3)4;/h2*3H,1-2H3;1H3,(H,3,4);/q;;;+1/p-1. The fourth-order valence-electron chi connectivity index (χ4n) is 1.23. The summed E-state index contributed by atoms with van der Waals surface area (Å²) in [6.07, 6.45) is 0. The van der Waals surface area contributed by atoms with Crippen LogP contribution in [0.15, 0.2) is 0 Å². The van der Waals surface area contributed by atoms with Gasteiger partial charge in [-0.1, -0.05) is 27.7 Å². The van der Waals surface area contributed by atoms with Gasteiger partial charge in [0.2, 0.25) is 0 Å². The van der Waals surface area contributed by atoms with Crippen molar-refractivity contribution in [2.45, 2.75) is 44.2 Å². The Hall–Kier alpha value is 0.00247. The molecule has 0 fully saturated rings. The summed E-state index contributed by atoms with van der Waals surface area (Å²) in [7, 11) is 0. The Labute approximate surface area is 73.7 Å². The van der Waals surface area contributed by atoms with Crippen LogP contribution in [0.25, 0.3) is 0 Å². The van der Waals surface area contributed by atoms with E-state index in [1.165, 1.54) is 6.92 Å². The van der Waals surface area contributed by atoms with E-state index >= 15 is 0 Å². The Morgan fingerprint density at radius 2 is 1.55 bits per heavy atom. The monoisotopic (exact) mass is 172 g/mol. The zero-order valence-electron chi connectivity index (χ0n) is 8.05. The second kappa shape index (κ2) is 4.79. The first-order chi connectivity index (χ1) is 4.95. The first kappa shape index (κ1) is 11.0. The van der Waals surface area contributed by atoms with Gasteiger partial charge in [-0.05, 0) is 9.56 Å². The van der Waals surface area contributed by atoms with Gasteiger partial charge in [0.15, 0.2) is 0 Å². The summed E-state index contributed by atoms with van der Waals surface area (Å²) in [5.74, 6) is -0.121. The lowest BCUT2D eigenvalue weighted by molar-refractivity contribution is -0.132. The Morgan fingerprint density at radius 1 is 1.18 bits per heavy atom. The van der Waals surface area contributed by atoms with E-state index in [9.17, 15) is 4.79 Å². The predicted octanol–water partition coefficient (Wildman–Crippen LogP) is 2.36. The van der Waals surface area contributed by atoms with E-state index in [0.717, 1.165) is 0 Å². The van der Waals surface area contributed by atoms with Crippen LogP contribution in [0.4, 0.5) is 0 Å². The highest BCUT2D eigenvalue weighted by molar-refractivity contribution is 6.56. The molecule has 0 heterocycles. The van der Waals surface area contributed by atoms with Crippen LogP contribution in [0.1, 0.15) is 34.6 Å². The second-order valence-electron chi connectivity index (χ2n) is 3.56. The summed E-state index contributed by atoms with van der Waals surface area (Å²) < 4.78 is 6.35. The molecule has 3 heteroatoms. The third kappa shape index (κ3) is 4.45. The van der Waals surface area contributed by atoms with Crippen molar-refractivity contribution in [2.75, 3.05) is 0 Å². The Morgan fingerprint density at radius 3 is 1.64 bits per heavy atom.